The first-order chi connectivity index (χ1) is 11.5. The zero-order valence-electron chi connectivity index (χ0n) is 12.6. The van der Waals surface area contributed by atoms with E-state index in [0.717, 1.165) is 5.56 Å². The van der Waals surface area contributed by atoms with Crippen molar-refractivity contribution >= 4 is 17.5 Å². The van der Waals surface area contributed by atoms with Crippen LogP contribution < -0.4 is 10.5 Å². The van der Waals surface area contributed by atoms with Crippen LogP contribution in [0.25, 0.3) is 11.1 Å². The van der Waals surface area contributed by atoms with E-state index in [2.05, 4.69) is 0 Å². The molecule has 0 heterocycles. The summed E-state index contributed by atoms with van der Waals surface area (Å²) in [6, 6.07) is 18.9. The highest BCUT2D eigenvalue weighted by molar-refractivity contribution is 6.31. The maximum atomic E-state index is 11.6. The Labute approximate surface area is 144 Å². The SMILES string of the molecule is NC(=O)c1cc(Cl)ccc1Oc1ccc(O)c(-c2ccccc2)c1. The molecule has 24 heavy (non-hydrogen) atoms. The van der Waals surface area contributed by atoms with Crippen LogP contribution in [0.5, 0.6) is 17.2 Å². The summed E-state index contributed by atoms with van der Waals surface area (Å²) in [5, 5.41) is 10.5. The Morgan fingerprint density at radius 1 is 1.00 bits per heavy atom. The number of hydrogen-bond acceptors (Lipinski definition) is 3. The summed E-state index contributed by atoms with van der Waals surface area (Å²) in [5.74, 6) is 0.280. The van der Waals surface area contributed by atoms with Crippen LogP contribution in [-0.2, 0) is 0 Å². The number of benzene rings is 3. The van der Waals surface area contributed by atoms with Crippen molar-refractivity contribution in [3.8, 4) is 28.4 Å². The van der Waals surface area contributed by atoms with Crippen molar-refractivity contribution in [1.82, 2.24) is 0 Å². The second kappa shape index (κ2) is 6.64. The van der Waals surface area contributed by atoms with Crippen molar-refractivity contribution in [3.63, 3.8) is 0 Å². The van der Waals surface area contributed by atoms with Gasteiger partial charge in [0.1, 0.15) is 17.2 Å². The highest BCUT2D eigenvalue weighted by Gasteiger charge is 2.13. The number of primary amides is 1. The fourth-order valence-corrected chi connectivity index (χ4v) is 2.51. The van der Waals surface area contributed by atoms with Gasteiger partial charge in [-0.2, -0.15) is 0 Å². The third-order valence-corrected chi connectivity index (χ3v) is 3.72. The number of phenolic OH excluding ortho intramolecular Hbond substituents is 1. The molecular formula is C19H14ClNO3. The highest BCUT2D eigenvalue weighted by atomic mass is 35.5. The van der Waals surface area contributed by atoms with Gasteiger partial charge in [-0.3, -0.25) is 4.79 Å². The number of rotatable bonds is 4. The molecule has 0 bridgehead atoms. The van der Waals surface area contributed by atoms with Gasteiger partial charge in [0.05, 0.1) is 5.56 Å². The molecule has 120 valence electrons. The first kappa shape index (κ1) is 15.9. The predicted octanol–water partition coefficient (Wildman–Crippen LogP) is 4.60. The molecule has 0 aliphatic rings. The van der Waals surface area contributed by atoms with Gasteiger partial charge in [0.25, 0.3) is 5.91 Å². The quantitative estimate of drug-likeness (QED) is 0.729. The Morgan fingerprint density at radius 2 is 1.75 bits per heavy atom. The van der Waals surface area contributed by atoms with E-state index in [1.165, 1.54) is 12.1 Å². The lowest BCUT2D eigenvalue weighted by molar-refractivity contribution is 0.0998. The maximum absolute atomic E-state index is 11.6. The number of carbonyl (C=O) groups excluding carboxylic acids is 1. The molecule has 0 aliphatic carbocycles. The monoisotopic (exact) mass is 339 g/mol. The molecule has 0 aliphatic heterocycles. The predicted molar refractivity (Wildman–Crippen MR) is 93.6 cm³/mol. The molecule has 0 atom stereocenters. The molecule has 4 nitrogen and oxygen atoms in total. The molecule has 0 spiro atoms. The van der Waals surface area contributed by atoms with Crippen molar-refractivity contribution < 1.29 is 14.6 Å². The summed E-state index contributed by atoms with van der Waals surface area (Å²) < 4.78 is 5.77. The van der Waals surface area contributed by atoms with Gasteiger partial charge < -0.3 is 15.6 Å². The molecule has 0 radical (unpaired) electrons. The van der Waals surface area contributed by atoms with Crippen LogP contribution in [0, 0.1) is 0 Å². The van der Waals surface area contributed by atoms with Gasteiger partial charge in [-0.1, -0.05) is 41.9 Å². The summed E-state index contributed by atoms with van der Waals surface area (Å²) in [6.45, 7) is 0. The molecule has 0 saturated carbocycles. The Bertz CT molecular complexity index is 894. The Morgan fingerprint density at radius 3 is 2.46 bits per heavy atom. The summed E-state index contributed by atoms with van der Waals surface area (Å²) in [7, 11) is 0. The average molecular weight is 340 g/mol. The second-order valence-corrected chi connectivity index (χ2v) is 5.59. The van der Waals surface area contributed by atoms with Gasteiger partial charge in [0.15, 0.2) is 0 Å². The van der Waals surface area contributed by atoms with E-state index in [1.807, 2.05) is 30.3 Å². The third-order valence-electron chi connectivity index (χ3n) is 3.49. The van der Waals surface area contributed by atoms with E-state index < -0.39 is 5.91 Å². The van der Waals surface area contributed by atoms with Gasteiger partial charge in [-0.15, -0.1) is 0 Å². The van der Waals surface area contributed by atoms with Gasteiger partial charge in [-0.05, 0) is 42.0 Å². The molecule has 0 unspecified atom stereocenters. The number of nitrogens with two attached hydrogens (primary N) is 1. The molecule has 1 amide bonds. The molecule has 3 N–H and O–H groups in total. The van der Waals surface area contributed by atoms with Crippen LogP contribution in [0.2, 0.25) is 5.02 Å². The van der Waals surface area contributed by atoms with Gasteiger partial charge in [0.2, 0.25) is 0 Å². The largest absolute Gasteiger partial charge is 0.507 e. The van der Waals surface area contributed by atoms with Crippen LogP contribution in [0.3, 0.4) is 0 Å². The third kappa shape index (κ3) is 3.34. The lowest BCUT2D eigenvalue weighted by atomic mass is 10.0. The second-order valence-electron chi connectivity index (χ2n) is 5.15. The van der Waals surface area contributed by atoms with E-state index >= 15 is 0 Å². The van der Waals surface area contributed by atoms with E-state index in [1.54, 1.807) is 24.3 Å². The van der Waals surface area contributed by atoms with Crippen LogP contribution in [0.1, 0.15) is 10.4 Å². The van der Waals surface area contributed by atoms with Gasteiger partial charge in [-0.25, -0.2) is 0 Å². The minimum absolute atomic E-state index is 0.139. The molecule has 0 fully saturated rings. The van der Waals surface area contributed by atoms with E-state index in [-0.39, 0.29) is 11.3 Å². The average Bonchev–Trinajstić information content (AvgIpc) is 2.58. The molecule has 0 saturated heterocycles. The first-order valence-electron chi connectivity index (χ1n) is 7.20. The topological polar surface area (TPSA) is 72.6 Å². The summed E-state index contributed by atoms with van der Waals surface area (Å²) in [5.41, 5.74) is 7.04. The zero-order chi connectivity index (χ0) is 17.1. The van der Waals surface area contributed by atoms with Crippen molar-refractivity contribution in [2.75, 3.05) is 0 Å². The summed E-state index contributed by atoms with van der Waals surface area (Å²) in [4.78, 5) is 11.6. The van der Waals surface area contributed by atoms with Gasteiger partial charge >= 0.3 is 0 Å². The van der Waals surface area contributed by atoms with Gasteiger partial charge in [0, 0.05) is 10.6 Å². The highest BCUT2D eigenvalue weighted by Crippen LogP contribution is 2.35. The Kier molecular flexibility index (Phi) is 4.40. The summed E-state index contributed by atoms with van der Waals surface area (Å²) >= 11 is 5.89. The molecule has 3 aromatic carbocycles. The molecular weight excluding hydrogens is 326 g/mol. The minimum Gasteiger partial charge on any atom is -0.507 e. The van der Waals surface area contributed by atoms with Crippen molar-refractivity contribution in [2.45, 2.75) is 0 Å². The number of hydrogen-bond donors (Lipinski definition) is 2. The number of carbonyl (C=O) groups is 1. The fourth-order valence-electron chi connectivity index (χ4n) is 2.34. The van der Waals surface area contributed by atoms with Crippen molar-refractivity contribution in [1.29, 1.82) is 0 Å². The number of ether oxygens (including phenoxy) is 1. The van der Waals surface area contributed by atoms with Crippen molar-refractivity contribution in [3.05, 3.63) is 77.3 Å². The van der Waals surface area contributed by atoms with E-state index in [4.69, 9.17) is 22.1 Å². The Hall–Kier alpha value is -2.98. The molecule has 3 aromatic rings. The minimum atomic E-state index is -0.630. The molecule has 5 heteroatoms. The number of halogens is 1. The zero-order valence-corrected chi connectivity index (χ0v) is 13.3. The first-order valence-corrected chi connectivity index (χ1v) is 7.58. The van der Waals surface area contributed by atoms with Crippen LogP contribution in [0.4, 0.5) is 0 Å². The normalized spacial score (nSPS) is 10.4. The maximum Gasteiger partial charge on any atom is 0.252 e. The van der Waals surface area contributed by atoms with E-state index in [0.29, 0.717) is 22.1 Å². The molecule has 3 rings (SSSR count). The fraction of sp³-hybridized carbons (Fsp3) is 0. The number of aromatic hydroxyl groups is 1. The lowest BCUT2D eigenvalue weighted by Gasteiger charge is -2.12. The lowest BCUT2D eigenvalue weighted by Crippen LogP contribution is -2.12. The number of amides is 1. The number of phenols is 1. The van der Waals surface area contributed by atoms with Crippen LogP contribution in [0.15, 0.2) is 66.7 Å². The van der Waals surface area contributed by atoms with Crippen LogP contribution in [-0.4, -0.2) is 11.0 Å². The van der Waals surface area contributed by atoms with Crippen molar-refractivity contribution in [2.24, 2.45) is 5.73 Å². The summed E-state index contributed by atoms with van der Waals surface area (Å²) in [6.07, 6.45) is 0. The molecule has 0 aromatic heterocycles. The van der Waals surface area contributed by atoms with Crippen LogP contribution >= 0.6 is 11.6 Å². The standard InChI is InChI=1S/C19H14ClNO3/c20-13-6-9-18(16(10-13)19(21)23)24-14-7-8-17(22)15(11-14)12-4-2-1-3-5-12/h1-11,22H,(H2,21,23). The van der Waals surface area contributed by atoms with E-state index in [9.17, 15) is 9.90 Å². The Balaban J connectivity index is 1.99. The smallest absolute Gasteiger partial charge is 0.252 e.